The number of ether oxygens (including phenoxy) is 2. The molecule has 0 unspecified atom stereocenters. The summed E-state index contributed by atoms with van der Waals surface area (Å²) in [6.45, 7) is 0.180. The Hall–Kier alpha value is -3.86. The maximum Gasteiger partial charge on any atom is 0.287 e. The molecule has 2 fully saturated rings. The van der Waals surface area contributed by atoms with Crippen molar-refractivity contribution >= 4 is 22.7 Å². The van der Waals surface area contributed by atoms with Crippen LogP contribution >= 0.6 is 0 Å². The summed E-state index contributed by atoms with van der Waals surface area (Å²) in [7, 11) is 0. The fourth-order valence-corrected chi connectivity index (χ4v) is 5.19. The minimum atomic E-state index is -2.86. The zero-order valence-corrected chi connectivity index (χ0v) is 20.1. The van der Waals surface area contributed by atoms with Crippen LogP contribution in [0.15, 0.2) is 46.9 Å². The molecule has 0 atom stereocenters. The van der Waals surface area contributed by atoms with Gasteiger partial charge in [-0.1, -0.05) is 24.1 Å². The van der Waals surface area contributed by atoms with Crippen LogP contribution < -0.4 is 14.8 Å². The van der Waals surface area contributed by atoms with Gasteiger partial charge >= 0.3 is 0 Å². The molecule has 2 heterocycles. The van der Waals surface area contributed by atoms with Gasteiger partial charge in [-0.3, -0.25) is 9.59 Å². The van der Waals surface area contributed by atoms with Gasteiger partial charge in [0, 0.05) is 30.1 Å². The molecule has 0 radical (unpaired) electrons. The Morgan fingerprint density at radius 2 is 1.62 bits per heavy atom. The normalized spacial score (nSPS) is 20.2. The van der Waals surface area contributed by atoms with E-state index in [-0.39, 0.29) is 37.6 Å². The van der Waals surface area contributed by atoms with E-state index in [2.05, 4.69) is 11.2 Å². The quantitative estimate of drug-likeness (QED) is 0.424. The highest BCUT2D eigenvalue weighted by Crippen LogP contribution is 2.50. The predicted octanol–water partition coefficient (Wildman–Crippen LogP) is 5.88. The van der Waals surface area contributed by atoms with E-state index in [4.69, 9.17) is 20.3 Å². The lowest BCUT2D eigenvalue weighted by Gasteiger charge is -2.39. The summed E-state index contributed by atoms with van der Waals surface area (Å²) in [5.41, 5.74) is 0.335. The molecule has 3 aliphatic rings. The van der Waals surface area contributed by atoms with Crippen molar-refractivity contribution in [2.45, 2.75) is 56.4 Å². The Morgan fingerprint density at radius 3 is 2.35 bits per heavy atom. The Morgan fingerprint density at radius 1 is 0.919 bits per heavy atom. The van der Waals surface area contributed by atoms with Gasteiger partial charge in [-0.2, -0.15) is 0 Å². The Kier molecular flexibility index (Phi) is 5.30. The van der Waals surface area contributed by atoms with Crippen LogP contribution in [0.5, 0.6) is 11.5 Å². The van der Waals surface area contributed by atoms with Gasteiger partial charge in [0.05, 0.1) is 5.54 Å². The maximum atomic E-state index is 14.0. The van der Waals surface area contributed by atoms with Crippen molar-refractivity contribution < 1.29 is 32.3 Å². The Labute approximate surface area is 212 Å². The van der Waals surface area contributed by atoms with Crippen LogP contribution in [0.3, 0.4) is 0 Å². The molecular formula is C29H25F2NO5. The number of rotatable bonds is 6. The molecular weight excluding hydrogens is 480 g/mol. The van der Waals surface area contributed by atoms with Crippen molar-refractivity contribution in [2.75, 3.05) is 6.79 Å². The first-order valence-electron chi connectivity index (χ1n) is 12.4. The molecule has 0 saturated heterocycles. The standard InChI is InChI=1S/C29H25F2NO5/c1-2-27(7-8-27)16-25(33)28(9-11-29(30,31)12-10-28)32-26(34)24-15-20-4-3-18(13-22(20)37-24)19-5-6-21-23(14-19)36-17-35-21/h1,3-6,13-15H,7-12,16-17H2,(H,32,34). The topological polar surface area (TPSA) is 77.8 Å². The molecule has 1 aliphatic heterocycles. The van der Waals surface area contributed by atoms with Crippen LogP contribution in [-0.2, 0) is 4.79 Å². The highest BCUT2D eigenvalue weighted by molar-refractivity contribution is 6.01. The van der Waals surface area contributed by atoms with Crippen molar-refractivity contribution in [1.82, 2.24) is 5.32 Å². The zero-order valence-electron chi connectivity index (χ0n) is 20.1. The molecule has 1 N–H and O–H groups in total. The SMILES string of the molecule is C#CC1(CC(=O)C2(NC(=O)c3cc4ccc(-c5ccc6c(c5)OCO6)cc4o3)CCC(F)(F)CC2)CC1. The third-order valence-corrected chi connectivity index (χ3v) is 7.83. The molecule has 8 heteroatoms. The number of halogens is 2. The fourth-order valence-electron chi connectivity index (χ4n) is 5.19. The number of ketones is 1. The summed E-state index contributed by atoms with van der Waals surface area (Å²) in [5.74, 6) is 0.277. The van der Waals surface area contributed by atoms with E-state index in [1.807, 2.05) is 36.4 Å². The highest BCUT2D eigenvalue weighted by Gasteiger charge is 2.52. The second-order valence-electron chi connectivity index (χ2n) is 10.3. The number of hydrogen-bond donors (Lipinski definition) is 1. The van der Waals surface area contributed by atoms with Crippen LogP contribution in [0, 0.1) is 17.8 Å². The van der Waals surface area contributed by atoms with Crippen molar-refractivity contribution in [3.05, 3.63) is 48.2 Å². The molecule has 6 rings (SSSR count). The number of hydrogen-bond acceptors (Lipinski definition) is 5. The molecule has 0 bridgehead atoms. The summed E-state index contributed by atoms with van der Waals surface area (Å²) < 4.78 is 44.7. The lowest BCUT2D eigenvalue weighted by atomic mass is 9.74. The molecule has 0 spiro atoms. The van der Waals surface area contributed by atoms with Gasteiger partial charge < -0.3 is 19.2 Å². The molecule has 2 aliphatic carbocycles. The molecule has 3 aromatic rings. The number of Topliss-reactive ketones (excluding diaryl/α,β-unsaturated/α-hetero) is 1. The van der Waals surface area contributed by atoms with Crippen molar-refractivity contribution in [3.8, 4) is 35.0 Å². The zero-order chi connectivity index (χ0) is 25.8. The minimum Gasteiger partial charge on any atom is -0.454 e. The second kappa shape index (κ2) is 8.34. The largest absolute Gasteiger partial charge is 0.454 e. The Balaban J connectivity index is 1.25. The highest BCUT2D eigenvalue weighted by atomic mass is 19.3. The third kappa shape index (κ3) is 4.33. The average molecular weight is 506 g/mol. The number of amides is 1. The van der Waals surface area contributed by atoms with Crippen molar-refractivity contribution in [3.63, 3.8) is 0 Å². The van der Waals surface area contributed by atoms with Crippen molar-refractivity contribution in [2.24, 2.45) is 5.41 Å². The number of benzene rings is 2. The van der Waals surface area contributed by atoms with Crippen LogP contribution in [0.4, 0.5) is 8.78 Å². The molecule has 1 aromatic heterocycles. The van der Waals surface area contributed by atoms with Gasteiger partial charge in [0.1, 0.15) is 5.58 Å². The van der Waals surface area contributed by atoms with Gasteiger partial charge in [-0.05, 0) is 61.1 Å². The number of fused-ring (bicyclic) bond motifs is 2. The van der Waals surface area contributed by atoms with Gasteiger partial charge in [0.15, 0.2) is 23.0 Å². The van der Waals surface area contributed by atoms with Crippen LogP contribution in [0.1, 0.15) is 55.5 Å². The first-order valence-corrected chi connectivity index (χ1v) is 12.4. The van der Waals surface area contributed by atoms with Gasteiger partial charge in [0.2, 0.25) is 12.7 Å². The number of carbonyl (C=O) groups excluding carboxylic acids is 2. The third-order valence-electron chi connectivity index (χ3n) is 7.83. The number of alkyl halides is 2. The predicted molar refractivity (Wildman–Crippen MR) is 132 cm³/mol. The summed E-state index contributed by atoms with van der Waals surface area (Å²) in [6.07, 6.45) is 5.92. The second-order valence-corrected chi connectivity index (χ2v) is 10.3. The molecule has 6 nitrogen and oxygen atoms in total. The number of carbonyl (C=O) groups is 2. The molecule has 1 amide bonds. The van der Waals surface area contributed by atoms with Gasteiger partial charge in [-0.15, -0.1) is 6.42 Å². The van der Waals surface area contributed by atoms with Gasteiger partial charge in [0.25, 0.3) is 5.91 Å². The van der Waals surface area contributed by atoms with E-state index < -0.39 is 35.6 Å². The monoisotopic (exact) mass is 505 g/mol. The lowest BCUT2D eigenvalue weighted by molar-refractivity contribution is -0.131. The first-order chi connectivity index (χ1) is 17.7. The fraction of sp³-hybridized carbons (Fsp3) is 0.379. The van der Waals surface area contributed by atoms with E-state index in [1.54, 1.807) is 6.07 Å². The number of furan rings is 1. The van der Waals surface area contributed by atoms with Gasteiger partial charge in [-0.25, -0.2) is 8.78 Å². The molecule has 37 heavy (non-hydrogen) atoms. The van der Waals surface area contributed by atoms with Crippen LogP contribution in [-0.4, -0.2) is 29.9 Å². The summed E-state index contributed by atoms with van der Waals surface area (Å²) in [5, 5.41) is 3.48. The van der Waals surface area contributed by atoms with E-state index in [9.17, 15) is 18.4 Å². The average Bonchev–Trinajstić information content (AvgIpc) is 3.29. The molecule has 190 valence electrons. The lowest BCUT2D eigenvalue weighted by Crippen LogP contribution is -2.58. The van der Waals surface area contributed by atoms with E-state index >= 15 is 0 Å². The number of nitrogens with one attached hydrogen (secondary N) is 1. The Bertz CT molecular complexity index is 1450. The summed E-state index contributed by atoms with van der Waals surface area (Å²) in [6, 6.07) is 12.8. The first kappa shape index (κ1) is 23.5. The minimum absolute atomic E-state index is 0.0143. The van der Waals surface area contributed by atoms with Crippen LogP contribution in [0.25, 0.3) is 22.1 Å². The van der Waals surface area contributed by atoms with E-state index in [1.165, 1.54) is 0 Å². The smallest absolute Gasteiger partial charge is 0.287 e. The molecule has 2 aromatic carbocycles. The molecule has 2 saturated carbocycles. The van der Waals surface area contributed by atoms with Crippen molar-refractivity contribution in [1.29, 1.82) is 0 Å². The summed E-state index contributed by atoms with van der Waals surface area (Å²) >= 11 is 0. The summed E-state index contributed by atoms with van der Waals surface area (Å²) in [4.78, 5) is 26.6. The van der Waals surface area contributed by atoms with E-state index in [0.29, 0.717) is 22.5 Å². The van der Waals surface area contributed by atoms with E-state index in [0.717, 1.165) is 24.0 Å². The maximum absolute atomic E-state index is 14.0. The van der Waals surface area contributed by atoms with Crippen LogP contribution in [0.2, 0.25) is 0 Å². The number of terminal acetylenes is 1.